The molecule has 1 heterocycles. The normalized spacial score (nSPS) is 11.9. The number of aryl methyl sites for hydroxylation is 1. The van der Waals surface area contributed by atoms with Gasteiger partial charge in [0, 0.05) is 18.0 Å². The third-order valence-electron chi connectivity index (χ3n) is 2.12. The minimum atomic E-state index is -3.23. The average Bonchev–Trinajstić information content (AvgIpc) is 2.62. The summed E-state index contributed by atoms with van der Waals surface area (Å²) in [6.07, 6.45) is 0.994. The molecular formula is C9H16N2O3S2. The molecule has 0 unspecified atom stereocenters. The second-order valence-corrected chi connectivity index (χ2v) is 6.30. The Bertz CT molecular complexity index is 414. The minimum absolute atomic E-state index is 0.0312. The van der Waals surface area contributed by atoms with Crippen LogP contribution < -0.4 is 4.72 Å². The molecule has 2 N–H and O–H groups in total. The maximum atomic E-state index is 11.5. The van der Waals surface area contributed by atoms with E-state index < -0.39 is 10.0 Å². The quantitative estimate of drug-likeness (QED) is 0.708. The molecule has 0 aliphatic heterocycles. The molecule has 0 saturated heterocycles. The van der Waals surface area contributed by atoms with Gasteiger partial charge in [-0.2, -0.15) is 0 Å². The fourth-order valence-electron chi connectivity index (χ4n) is 1.15. The van der Waals surface area contributed by atoms with Gasteiger partial charge in [-0.3, -0.25) is 0 Å². The van der Waals surface area contributed by atoms with E-state index in [4.69, 9.17) is 5.11 Å². The Kier molecular flexibility index (Phi) is 5.33. The van der Waals surface area contributed by atoms with Gasteiger partial charge in [0.2, 0.25) is 10.0 Å². The third-order valence-corrected chi connectivity index (χ3v) is 4.46. The largest absolute Gasteiger partial charge is 0.396 e. The molecule has 7 heteroatoms. The summed E-state index contributed by atoms with van der Waals surface area (Å²) in [7, 11) is -3.23. The van der Waals surface area contributed by atoms with E-state index >= 15 is 0 Å². The first-order valence-corrected chi connectivity index (χ1v) is 7.55. The molecule has 1 aromatic heterocycles. The standard InChI is InChI=1S/C9H16N2O3S2/c1-8-9(15-7-10-8)6-11-16(13,14)5-3-2-4-12/h7,11-12H,2-6H2,1H3. The zero-order valence-electron chi connectivity index (χ0n) is 9.14. The van der Waals surface area contributed by atoms with E-state index in [-0.39, 0.29) is 12.4 Å². The van der Waals surface area contributed by atoms with E-state index in [0.717, 1.165) is 10.6 Å². The number of thiazole rings is 1. The van der Waals surface area contributed by atoms with Crippen molar-refractivity contribution in [3.63, 3.8) is 0 Å². The first-order chi connectivity index (χ1) is 7.55. The van der Waals surface area contributed by atoms with Crippen LogP contribution in [-0.2, 0) is 16.6 Å². The fraction of sp³-hybridized carbons (Fsp3) is 0.667. The molecule has 16 heavy (non-hydrogen) atoms. The van der Waals surface area contributed by atoms with Gasteiger partial charge in [0.25, 0.3) is 0 Å². The van der Waals surface area contributed by atoms with Crippen LogP contribution in [0.5, 0.6) is 0 Å². The number of hydrogen-bond donors (Lipinski definition) is 2. The lowest BCUT2D eigenvalue weighted by molar-refractivity contribution is 0.287. The summed E-state index contributed by atoms with van der Waals surface area (Å²) in [5.74, 6) is 0.0609. The number of aromatic nitrogens is 1. The number of nitrogens with zero attached hydrogens (tertiary/aromatic N) is 1. The lowest BCUT2D eigenvalue weighted by atomic mass is 10.4. The molecule has 0 fully saturated rings. The topological polar surface area (TPSA) is 79.3 Å². The van der Waals surface area contributed by atoms with Crippen LogP contribution in [0.2, 0.25) is 0 Å². The third kappa shape index (κ3) is 4.56. The van der Waals surface area contributed by atoms with Crippen molar-refractivity contribution < 1.29 is 13.5 Å². The van der Waals surface area contributed by atoms with Crippen LogP contribution in [0, 0.1) is 6.92 Å². The number of aliphatic hydroxyl groups excluding tert-OH is 1. The smallest absolute Gasteiger partial charge is 0.211 e. The van der Waals surface area contributed by atoms with Gasteiger partial charge in [-0.15, -0.1) is 11.3 Å². The summed E-state index contributed by atoms with van der Waals surface area (Å²) in [5.41, 5.74) is 2.56. The summed E-state index contributed by atoms with van der Waals surface area (Å²) in [4.78, 5) is 4.98. The molecule has 0 saturated carbocycles. The molecular weight excluding hydrogens is 248 g/mol. The van der Waals surface area contributed by atoms with Crippen molar-refractivity contribution in [3.05, 3.63) is 16.1 Å². The molecule has 0 amide bonds. The highest BCUT2D eigenvalue weighted by molar-refractivity contribution is 7.89. The van der Waals surface area contributed by atoms with Gasteiger partial charge >= 0.3 is 0 Å². The highest BCUT2D eigenvalue weighted by Crippen LogP contribution is 2.11. The first kappa shape index (κ1) is 13.6. The van der Waals surface area contributed by atoms with Crippen LogP contribution in [0.15, 0.2) is 5.51 Å². The average molecular weight is 264 g/mol. The molecule has 1 rings (SSSR count). The van der Waals surface area contributed by atoms with E-state index in [1.165, 1.54) is 11.3 Å². The van der Waals surface area contributed by atoms with Crippen LogP contribution >= 0.6 is 11.3 Å². The molecule has 92 valence electrons. The molecule has 0 aliphatic carbocycles. The lowest BCUT2D eigenvalue weighted by Crippen LogP contribution is -2.26. The number of unbranched alkanes of at least 4 members (excludes halogenated alkanes) is 1. The molecule has 0 bridgehead atoms. The van der Waals surface area contributed by atoms with E-state index in [0.29, 0.717) is 19.4 Å². The molecule has 0 aliphatic rings. The van der Waals surface area contributed by atoms with Crippen molar-refractivity contribution in [2.45, 2.75) is 26.3 Å². The number of aliphatic hydroxyl groups is 1. The van der Waals surface area contributed by atoms with Crippen molar-refractivity contribution in [2.75, 3.05) is 12.4 Å². The van der Waals surface area contributed by atoms with Gasteiger partial charge in [-0.05, 0) is 19.8 Å². The van der Waals surface area contributed by atoms with Crippen LogP contribution in [0.1, 0.15) is 23.4 Å². The van der Waals surface area contributed by atoms with Gasteiger partial charge in [0.1, 0.15) is 0 Å². The molecule has 5 nitrogen and oxygen atoms in total. The Labute approximate surface area is 99.6 Å². The summed E-state index contributed by atoms with van der Waals surface area (Å²) in [6.45, 7) is 2.19. The predicted molar refractivity (Wildman–Crippen MR) is 63.8 cm³/mol. The van der Waals surface area contributed by atoms with Crippen LogP contribution in [0.3, 0.4) is 0 Å². The Morgan fingerprint density at radius 1 is 1.50 bits per heavy atom. The molecule has 1 aromatic rings. The summed E-state index contributed by atoms with van der Waals surface area (Å²) in [6, 6.07) is 0. The van der Waals surface area contributed by atoms with Crippen molar-refractivity contribution >= 4 is 21.4 Å². The van der Waals surface area contributed by atoms with Crippen molar-refractivity contribution in [2.24, 2.45) is 0 Å². The summed E-state index contributed by atoms with van der Waals surface area (Å²) in [5, 5.41) is 8.56. The molecule has 0 radical (unpaired) electrons. The van der Waals surface area contributed by atoms with Crippen LogP contribution in [0.4, 0.5) is 0 Å². The van der Waals surface area contributed by atoms with E-state index in [9.17, 15) is 8.42 Å². The Balaban J connectivity index is 2.39. The highest BCUT2D eigenvalue weighted by atomic mass is 32.2. The number of nitrogens with one attached hydrogen (secondary N) is 1. The molecule has 0 atom stereocenters. The molecule has 0 aromatic carbocycles. The van der Waals surface area contributed by atoms with Gasteiger partial charge < -0.3 is 5.11 Å². The number of hydrogen-bond acceptors (Lipinski definition) is 5. The Hall–Kier alpha value is -0.500. The van der Waals surface area contributed by atoms with Crippen molar-refractivity contribution in [1.29, 1.82) is 0 Å². The van der Waals surface area contributed by atoms with Gasteiger partial charge in [-0.1, -0.05) is 0 Å². The zero-order valence-corrected chi connectivity index (χ0v) is 10.8. The van der Waals surface area contributed by atoms with E-state index in [2.05, 4.69) is 9.71 Å². The van der Waals surface area contributed by atoms with Crippen LogP contribution in [0.25, 0.3) is 0 Å². The summed E-state index contributed by atoms with van der Waals surface area (Å²) < 4.78 is 25.5. The maximum Gasteiger partial charge on any atom is 0.211 e. The SMILES string of the molecule is Cc1ncsc1CNS(=O)(=O)CCCCO. The molecule has 0 spiro atoms. The van der Waals surface area contributed by atoms with Crippen molar-refractivity contribution in [3.8, 4) is 0 Å². The summed E-state index contributed by atoms with van der Waals surface area (Å²) >= 11 is 1.44. The van der Waals surface area contributed by atoms with Gasteiger partial charge in [-0.25, -0.2) is 18.1 Å². The highest BCUT2D eigenvalue weighted by Gasteiger charge is 2.10. The maximum absolute atomic E-state index is 11.5. The fourth-order valence-corrected chi connectivity index (χ4v) is 3.05. The first-order valence-electron chi connectivity index (χ1n) is 5.02. The second-order valence-electron chi connectivity index (χ2n) is 3.43. The van der Waals surface area contributed by atoms with Gasteiger partial charge in [0.05, 0.1) is 17.0 Å². The Morgan fingerprint density at radius 2 is 2.25 bits per heavy atom. The number of rotatable bonds is 7. The lowest BCUT2D eigenvalue weighted by Gasteiger charge is -2.05. The van der Waals surface area contributed by atoms with Crippen molar-refractivity contribution in [1.82, 2.24) is 9.71 Å². The zero-order chi connectivity index (χ0) is 12.0. The Morgan fingerprint density at radius 3 is 2.81 bits per heavy atom. The minimum Gasteiger partial charge on any atom is -0.396 e. The van der Waals surface area contributed by atoms with E-state index in [1.54, 1.807) is 5.51 Å². The van der Waals surface area contributed by atoms with Gasteiger partial charge in [0.15, 0.2) is 0 Å². The van der Waals surface area contributed by atoms with E-state index in [1.807, 2.05) is 6.92 Å². The number of sulfonamides is 1. The second kappa shape index (κ2) is 6.29. The predicted octanol–water partition coefficient (Wildman–Crippen LogP) is 0.643. The van der Waals surface area contributed by atoms with Crippen LogP contribution in [-0.4, -0.2) is 30.9 Å². The monoisotopic (exact) mass is 264 g/mol.